The Morgan fingerprint density at radius 3 is 2.72 bits per heavy atom. The van der Waals surface area contributed by atoms with Crippen molar-refractivity contribution in [3.63, 3.8) is 0 Å². The molecule has 2 aliphatic heterocycles. The number of esters is 1. The lowest BCUT2D eigenvalue weighted by Crippen LogP contribution is -2.43. The first-order valence-corrected chi connectivity index (χ1v) is 10.4. The van der Waals surface area contributed by atoms with Gasteiger partial charge in [-0.2, -0.15) is 0 Å². The highest BCUT2D eigenvalue weighted by molar-refractivity contribution is 7.88. The highest BCUT2D eigenvalue weighted by Crippen LogP contribution is 2.44. The maximum Gasteiger partial charge on any atom is 0.314 e. The molecule has 0 aromatic carbocycles. The molecule has 0 bridgehead atoms. The molecule has 3 heterocycles. The van der Waals surface area contributed by atoms with Crippen LogP contribution in [-0.2, 0) is 19.6 Å². The van der Waals surface area contributed by atoms with Gasteiger partial charge in [-0.25, -0.2) is 22.7 Å². The van der Waals surface area contributed by atoms with Gasteiger partial charge in [0.25, 0.3) is 0 Å². The van der Waals surface area contributed by atoms with Crippen LogP contribution in [-0.4, -0.2) is 67.7 Å². The van der Waals surface area contributed by atoms with Crippen LogP contribution in [0.3, 0.4) is 0 Å². The van der Waals surface area contributed by atoms with Crippen molar-refractivity contribution < 1.29 is 17.9 Å². The molecule has 1 aromatic rings. The Hall–Kier alpha value is -1.74. The van der Waals surface area contributed by atoms with Gasteiger partial charge >= 0.3 is 5.97 Å². The molecule has 3 rings (SSSR count). The van der Waals surface area contributed by atoms with E-state index >= 15 is 0 Å². The molecule has 9 heteroatoms. The number of rotatable bonds is 4. The van der Waals surface area contributed by atoms with Crippen molar-refractivity contribution in [2.45, 2.75) is 19.8 Å². The molecule has 2 aliphatic rings. The number of anilines is 1. The summed E-state index contributed by atoms with van der Waals surface area (Å²) in [5.74, 6) is 0.173. The minimum absolute atomic E-state index is 0.146. The van der Waals surface area contributed by atoms with Gasteiger partial charge in [0.05, 0.1) is 18.3 Å². The Morgan fingerprint density at radius 2 is 2.08 bits per heavy atom. The van der Waals surface area contributed by atoms with Crippen molar-refractivity contribution >= 4 is 21.9 Å². The van der Waals surface area contributed by atoms with Gasteiger partial charge in [0.15, 0.2) is 0 Å². The molecule has 1 aromatic heterocycles. The van der Waals surface area contributed by atoms with Crippen LogP contribution in [0.2, 0.25) is 0 Å². The monoisotopic (exact) mass is 368 g/mol. The maximum absolute atomic E-state index is 12.8. The number of ether oxygens (including phenoxy) is 1. The highest BCUT2D eigenvalue weighted by atomic mass is 32.2. The average molecular weight is 368 g/mol. The van der Waals surface area contributed by atoms with Crippen LogP contribution in [0.15, 0.2) is 18.5 Å². The van der Waals surface area contributed by atoms with Crippen molar-refractivity contribution in [1.29, 1.82) is 0 Å². The zero-order valence-electron chi connectivity index (χ0n) is 14.6. The SMILES string of the molecule is CCOC(=O)[C@]12CCCN(S(C)(=O)=O)C[C@H]1CN(c1ncccn1)C2. The Morgan fingerprint density at radius 1 is 1.36 bits per heavy atom. The van der Waals surface area contributed by atoms with Crippen molar-refractivity contribution in [1.82, 2.24) is 14.3 Å². The summed E-state index contributed by atoms with van der Waals surface area (Å²) in [6.45, 7) is 3.85. The van der Waals surface area contributed by atoms with Gasteiger partial charge in [-0.05, 0) is 25.8 Å². The Labute approximate surface area is 148 Å². The van der Waals surface area contributed by atoms with Crippen LogP contribution < -0.4 is 4.90 Å². The van der Waals surface area contributed by atoms with Gasteiger partial charge < -0.3 is 9.64 Å². The van der Waals surface area contributed by atoms with Crippen LogP contribution in [0.4, 0.5) is 5.95 Å². The number of carbonyl (C=O) groups is 1. The molecule has 2 fully saturated rings. The summed E-state index contributed by atoms with van der Waals surface area (Å²) in [5.41, 5.74) is -0.714. The molecular weight excluding hydrogens is 344 g/mol. The van der Waals surface area contributed by atoms with E-state index in [9.17, 15) is 13.2 Å². The normalized spacial score (nSPS) is 27.6. The molecule has 2 atom stereocenters. The molecule has 8 nitrogen and oxygen atoms in total. The summed E-state index contributed by atoms with van der Waals surface area (Å²) in [6, 6.07) is 1.74. The average Bonchev–Trinajstić information content (AvgIpc) is 2.84. The number of hydrogen-bond acceptors (Lipinski definition) is 7. The van der Waals surface area contributed by atoms with Crippen LogP contribution in [0.5, 0.6) is 0 Å². The van der Waals surface area contributed by atoms with Crippen molar-refractivity contribution in [3.8, 4) is 0 Å². The summed E-state index contributed by atoms with van der Waals surface area (Å²) in [7, 11) is -3.30. The van der Waals surface area contributed by atoms with E-state index in [1.807, 2.05) is 4.90 Å². The molecule has 0 unspecified atom stereocenters. The van der Waals surface area contributed by atoms with E-state index < -0.39 is 15.4 Å². The van der Waals surface area contributed by atoms with Crippen LogP contribution in [0.25, 0.3) is 0 Å². The van der Waals surface area contributed by atoms with Gasteiger partial charge in [0.2, 0.25) is 16.0 Å². The van der Waals surface area contributed by atoms with E-state index in [-0.39, 0.29) is 11.9 Å². The molecule has 0 amide bonds. The van der Waals surface area contributed by atoms with E-state index in [0.29, 0.717) is 51.6 Å². The zero-order chi connectivity index (χ0) is 18.1. The number of sulfonamides is 1. The molecule has 0 spiro atoms. The smallest absolute Gasteiger partial charge is 0.314 e. The maximum atomic E-state index is 12.8. The number of nitrogens with zero attached hydrogens (tertiary/aromatic N) is 4. The van der Waals surface area contributed by atoms with Crippen molar-refractivity contribution in [2.75, 3.05) is 43.9 Å². The van der Waals surface area contributed by atoms with Gasteiger partial charge in [0, 0.05) is 44.5 Å². The zero-order valence-corrected chi connectivity index (χ0v) is 15.4. The topological polar surface area (TPSA) is 92.7 Å². The second kappa shape index (κ2) is 6.87. The number of aromatic nitrogens is 2. The molecule has 0 radical (unpaired) electrons. The van der Waals surface area contributed by atoms with Crippen LogP contribution in [0, 0.1) is 11.3 Å². The molecule has 2 saturated heterocycles. The Kier molecular flexibility index (Phi) is 4.97. The lowest BCUT2D eigenvalue weighted by atomic mass is 9.75. The number of fused-ring (bicyclic) bond motifs is 1. The number of carbonyl (C=O) groups excluding carboxylic acids is 1. The van der Waals surface area contributed by atoms with Gasteiger partial charge in [-0.15, -0.1) is 0 Å². The molecule has 0 saturated carbocycles. The fourth-order valence-corrected chi connectivity index (χ4v) is 4.83. The van der Waals surface area contributed by atoms with Crippen LogP contribution in [0.1, 0.15) is 19.8 Å². The van der Waals surface area contributed by atoms with Crippen LogP contribution >= 0.6 is 0 Å². The molecule has 0 N–H and O–H groups in total. The predicted molar refractivity (Wildman–Crippen MR) is 92.5 cm³/mol. The van der Waals surface area contributed by atoms with E-state index in [1.54, 1.807) is 25.4 Å². The summed E-state index contributed by atoms with van der Waals surface area (Å²) >= 11 is 0. The van der Waals surface area contributed by atoms with E-state index in [1.165, 1.54) is 10.6 Å². The van der Waals surface area contributed by atoms with E-state index in [2.05, 4.69) is 9.97 Å². The first-order chi connectivity index (χ1) is 11.9. The first kappa shape index (κ1) is 18.1. The number of hydrogen-bond donors (Lipinski definition) is 0. The van der Waals surface area contributed by atoms with E-state index in [4.69, 9.17) is 4.74 Å². The third-order valence-corrected chi connectivity index (χ3v) is 6.41. The standard InChI is InChI=1S/C16H24N4O4S/c1-3-24-14(21)16-6-4-9-20(25(2,22)23)11-13(16)10-19(12-16)15-17-7-5-8-18-15/h5,7-8,13H,3-4,6,9-12H2,1-2H3/t13-,16+/m1/s1. The fourth-order valence-electron chi connectivity index (χ4n) is 3.91. The summed E-state index contributed by atoms with van der Waals surface area (Å²) in [5, 5.41) is 0. The second-order valence-corrected chi connectivity index (χ2v) is 8.71. The second-order valence-electron chi connectivity index (χ2n) is 6.73. The third-order valence-electron chi connectivity index (χ3n) is 5.14. The van der Waals surface area contributed by atoms with Gasteiger partial charge in [0.1, 0.15) is 0 Å². The van der Waals surface area contributed by atoms with E-state index in [0.717, 1.165) is 0 Å². The largest absolute Gasteiger partial charge is 0.466 e. The fraction of sp³-hybridized carbons (Fsp3) is 0.688. The molecule has 0 aliphatic carbocycles. The van der Waals surface area contributed by atoms with Gasteiger partial charge in [-0.1, -0.05) is 0 Å². The summed E-state index contributed by atoms with van der Waals surface area (Å²) < 4.78 is 31.0. The van der Waals surface area contributed by atoms with Gasteiger partial charge in [-0.3, -0.25) is 4.79 Å². The summed E-state index contributed by atoms with van der Waals surface area (Å²) in [6.07, 6.45) is 5.78. The van der Waals surface area contributed by atoms with Crippen molar-refractivity contribution in [3.05, 3.63) is 18.5 Å². The predicted octanol–water partition coefficient (Wildman–Crippen LogP) is 0.518. The molecule has 138 valence electrons. The lowest BCUT2D eigenvalue weighted by Gasteiger charge is -2.30. The summed E-state index contributed by atoms with van der Waals surface area (Å²) in [4.78, 5) is 23.3. The molecule has 25 heavy (non-hydrogen) atoms. The Bertz CT molecular complexity index is 727. The first-order valence-electron chi connectivity index (χ1n) is 8.51. The lowest BCUT2D eigenvalue weighted by molar-refractivity contribution is -0.157. The minimum Gasteiger partial charge on any atom is -0.466 e. The highest BCUT2D eigenvalue weighted by Gasteiger charge is 2.55. The minimum atomic E-state index is -3.30. The third kappa shape index (κ3) is 3.48. The quantitative estimate of drug-likeness (QED) is 0.715. The Balaban J connectivity index is 1.94. The molecular formula is C16H24N4O4S. The van der Waals surface area contributed by atoms with Crippen molar-refractivity contribution in [2.24, 2.45) is 11.3 Å².